The summed E-state index contributed by atoms with van der Waals surface area (Å²) >= 11 is 8.23. The molecule has 2 rings (SSSR count). The summed E-state index contributed by atoms with van der Waals surface area (Å²) in [4.78, 5) is 0. The Morgan fingerprint density at radius 1 is 0.758 bits per heavy atom. The van der Waals surface area contributed by atoms with E-state index >= 15 is 0 Å². The van der Waals surface area contributed by atoms with Gasteiger partial charge in [0.05, 0.1) is 13.2 Å². The molecular weight excluding hydrogens is 505 g/mol. The molecule has 4 N–H and O–H groups in total. The molecular formula is C21H32N2O6S4. The molecule has 2 unspecified atom stereocenters. The van der Waals surface area contributed by atoms with Crippen LogP contribution in [0.25, 0.3) is 0 Å². The molecule has 186 valence electrons. The lowest BCUT2D eigenvalue weighted by molar-refractivity contribution is 0.279. The van der Waals surface area contributed by atoms with Crippen molar-refractivity contribution in [2.75, 3.05) is 23.8 Å². The van der Waals surface area contributed by atoms with Gasteiger partial charge in [0, 0.05) is 45.5 Å². The molecule has 0 bridgehead atoms. The second kappa shape index (κ2) is 15.5. The number of para-hydroxylation sites is 1. The third-order valence-corrected chi connectivity index (χ3v) is 5.41. The summed E-state index contributed by atoms with van der Waals surface area (Å²) in [5.74, 6) is 0. The molecule has 33 heavy (non-hydrogen) atoms. The highest BCUT2D eigenvalue weighted by atomic mass is 32.9. The fourth-order valence-electron chi connectivity index (χ4n) is 2.56. The van der Waals surface area contributed by atoms with Crippen LogP contribution in [0.4, 0.5) is 17.1 Å². The van der Waals surface area contributed by atoms with Gasteiger partial charge in [-0.2, -0.15) is 8.42 Å². The average molecular weight is 537 g/mol. The van der Waals surface area contributed by atoms with E-state index in [0.29, 0.717) is 18.9 Å². The molecule has 0 fully saturated rings. The third kappa shape index (κ3) is 17.7. The van der Waals surface area contributed by atoms with Crippen LogP contribution >= 0.6 is 0 Å². The van der Waals surface area contributed by atoms with Gasteiger partial charge in [-0.15, -0.1) is 0 Å². The maximum absolute atomic E-state index is 10.5. The van der Waals surface area contributed by atoms with Gasteiger partial charge >= 0.3 is 0 Å². The Labute approximate surface area is 206 Å². The predicted octanol–water partition coefficient (Wildman–Crippen LogP) is 5.10. The van der Waals surface area contributed by atoms with Crippen LogP contribution in [0.1, 0.15) is 39.5 Å². The number of nitrogens with one attached hydrogen (secondary N) is 2. The molecule has 0 heterocycles. The normalized spacial score (nSPS) is 14.5. The minimum absolute atomic E-state index is 0.122. The van der Waals surface area contributed by atoms with Crippen molar-refractivity contribution in [3.63, 3.8) is 0 Å². The van der Waals surface area contributed by atoms with Crippen molar-refractivity contribution in [3.05, 3.63) is 54.6 Å². The van der Waals surface area contributed by atoms with Gasteiger partial charge in [-0.3, -0.25) is 17.5 Å². The van der Waals surface area contributed by atoms with Gasteiger partial charge in [0.15, 0.2) is 0 Å². The van der Waals surface area contributed by atoms with Crippen molar-refractivity contribution < 1.29 is 25.9 Å². The highest BCUT2D eigenvalue weighted by Gasteiger charge is 2.01. The highest BCUT2D eigenvalue weighted by Crippen LogP contribution is 2.18. The maximum atomic E-state index is 10.5. The summed E-state index contributed by atoms with van der Waals surface area (Å²) in [6.07, 6.45) is 2.68. The lowest BCUT2D eigenvalue weighted by atomic mass is 10.2. The number of anilines is 3. The number of unbranched alkanes of at least 4 members (excludes halogenated alkanes) is 3. The first-order chi connectivity index (χ1) is 15.4. The molecule has 2 atom stereocenters. The molecule has 2 aromatic carbocycles. The number of rotatable bonds is 13. The molecule has 0 saturated carbocycles. The molecule has 0 aliphatic heterocycles. The third-order valence-electron chi connectivity index (χ3n) is 3.91. The van der Waals surface area contributed by atoms with E-state index in [-0.39, 0.29) is 13.2 Å². The Hall–Kier alpha value is -1.38. The van der Waals surface area contributed by atoms with Crippen molar-refractivity contribution in [3.8, 4) is 0 Å². The summed E-state index contributed by atoms with van der Waals surface area (Å²) in [5.41, 5.74) is 3.36. The first-order valence-electron chi connectivity index (χ1n) is 10.4. The number of hydrogen-bond donors (Lipinski definition) is 4. The van der Waals surface area contributed by atoms with Crippen LogP contribution in [0.15, 0.2) is 54.6 Å². The van der Waals surface area contributed by atoms with Crippen molar-refractivity contribution in [2.24, 2.45) is 0 Å². The Bertz CT molecular complexity index is 961. The van der Waals surface area contributed by atoms with Crippen LogP contribution in [-0.2, 0) is 48.8 Å². The van der Waals surface area contributed by atoms with E-state index in [1.54, 1.807) is 0 Å². The molecule has 0 amide bonds. The van der Waals surface area contributed by atoms with E-state index in [4.69, 9.17) is 9.11 Å². The van der Waals surface area contributed by atoms with Gasteiger partial charge in [0.2, 0.25) is 0 Å². The Balaban J connectivity index is 0.000000331. The topological polar surface area (TPSA) is 117 Å². The van der Waals surface area contributed by atoms with Crippen molar-refractivity contribution in [1.29, 1.82) is 0 Å². The van der Waals surface area contributed by atoms with Gasteiger partial charge < -0.3 is 10.6 Å². The lowest BCUT2D eigenvalue weighted by Crippen LogP contribution is -2.09. The molecule has 0 radical (unpaired) electrons. The van der Waals surface area contributed by atoms with E-state index in [1.807, 2.05) is 18.2 Å². The van der Waals surface area contributed by atoms with Crippen LogP contribution in [0.2, 0.25) is 0 Å². The number of benzene rings is 2. The van der Waals surface area contributed by atoms with Crippen LogP contribution < -0.4 is 10.6 Å². The molecule has 12 heteroatoms. The van der Waals surface area contributed by atoms with Crippen molar-refractivity contribution in [2.45, 2.75) is 45.6 Å². The monoisotopic (exact) mass is 536 g/mol. The fourth-order valence-corrected chi connectivity index (χ4v) is 3.62. The van der Waals surface area contributed by atoms with Crippen LogP contribution in [-0.4, -0.2) is 36.8 Å². The molecule has 8 nitrogen and oxygen atoms in total. The molecule has 0 aliphatic rings. The Morgan fingerprint density at radius 3 is 1.61 bits per heavy atom. The molecule has 0 spiro atoms. The summed E-state index contributed by atoms with van der Waals surface area (Å²) < 4.78 is 47.0. The Kier molecular flexibility index (Phi) is 13.9. The summed E-state index contributed by atoms with van der Waals surface area (Å²) in [6.45, 7) is 4.52. The van der Waals surface area contributed by atoms with E-state index < -0.39 is 18.1 Å². The summed E-state index contributed by atoms with van der Waals surface area (Å²) in [6, 6.07) is 19.0. The summed E-state index contributed by atoms with van der Waals surface area (Å²) in [5, 5.41) is 6.72. The van der Waals surface area contributed by atoms with Gasteiger partial charge in [-0.25, -0.2) is 0 Å². The largest absolute Gasteiger partial charge is 0.383 e. The molecule has 0 aliphatic carbocycles. The van der Waals surface area contributed by atoms with Crippen LogP contribution in [0.5, 0.6) is 0 Å². The van der Waals surface area contributed by atoms with Gasteiger partial charge in [0.1, 0.15) is 0 Å². The second-order valence-corrected chi connectivity index (χ2v) is 12.0. The second-order valence-electron chi connectivity index (χ2n) is 7.28. The minimum atomic E-state index is -3.52. The quantitative estimate of drug-likeness (QED) is 0.258. The van der Waals surface area contributed by atoms with Crippen molar-refractivity contribution in [1.82, 2.24) is 0 Å². The predicted molar refractivity (Wildman–Crippen MR) is 142 cm³/mol. The highest BCUT2D eigenvalue weighted by molar-refractivity contribution is 8.27. The van der Waals surface area contributed by atoms with Gasteiger partial charge in [-0.1, -0.05) is 31.0 Å². The van der Waals surface area contributed by atoms with E-state index in [0.717, 1.165) is 29.9 Å². The average Bonchev–Trinajstić information content (AvgIpc) is 2.71. The van der Waals surface area contributed by atoms with Gasteiger partial charge in [-0.05, 0) is 63.1 Å². The number of hydrogen-bond acceptors (Lipinski definition) is 8. The zero-order valence-electron chi connectivity index (χ0n) is 18.7. The standard InChI is InChI=1S/C15H18N2.C6H14O6S4/c1-12(2)16-14-8-10-15(11-9-14)17-13-6-4-3-5-7-13;7-15(8,13)11-5-3-1-2-4-6-12-16(9,10)14/h3-12,16-17H,1-2H3;1-6H2,(H,7,8,13)(H,9,10,14). The minimum Gasteiger partial charge on any atom is -0.383 e. The fraction of sp³-hybridized carbons (Fsp3) is 0.429. The first kappa shape index (κ1) is 29.7. The SMILES string of the molecule is CC(C)Nc1ccc(Nc2ccccc2)cc1.O=S(O)(=S)OCCCCCCOS(=O)(O)=S. The molecule has 0 aromatic heterocycles. The first-order valence-corrected chi connectivity index (χ1v) is 15.1. The Morgan fingerprint density at radius 2 is 1.18 bits per heavy atom. The molecule has 2 aromatic rings. The van der Waals surface area contributed by atoms with Crippen LogP contribution in [0.3, 0.4) is 0 Å². The smallest absolute Gasteiger partial charge is 0.266 e. The van der Waals surface area contributed by atoms with Crippen LogP contribution in [0, 0.1) is 0 Å². The van der Waals surface area contributed by atoms with E-state index in [1.165, 1.54) is 0 Å². The van der Waals surface area contributed by atoms with E-state index in [2.05, 4.69) is 91.6 Å². The lowest BCUT2D eigenvalue weighted by Gasteiger charge is -2.11. The van der Waals surface area contributed by atoms with E-state index in [9.17, 15) is 8.42 Å². The zero-order chi connectivity index (χ0) is 24.7. The zero-order valence-corrected chi connectivity index (χ0v) is 21.9. The molecule has 0 saturated heterocycles. The van der Waals surface area contributed by atoms with Gasteiger partial charge in [0.25, 0.3) is 18.1 Å². The van der Waals surface area contributed by atoms with Crippen molar-refractivity contribution >= 4 is 57.5 Å². The summed E-state index contributed by atoms with van der Waals surface area (Å²) in [7, 11) is -7.03. The maximum Gasteiger partial charge on any atom is 0.266 e.